The van der Waals surface area contributed by atoms with Gasteiger partial charge in [0.25, 0.3) is 0 Å². The molecular formula is C21H17ClN6O2. The molecule has 4 rings (SSSR count). The summed E-state index contributed by atoms with van der Waals surface area (Å²) in [5, 5.41) is 19.4. The molecule has 2 aromatic heterocycles. The summed E-state index contributed by atoms with van der Waals surface area (Å²) in [7, 11) is 0. The zero-order valence-corrected chi connectivity index (χ0v) is 16.9. The van der Waals surface area contributed by atoms with Crippen LogP contribution in [0.25, 0.3) is 10.9 Å². The number of halogens is 1. The zero-order chi connectivity index (χ0) is 21.3. The Kier molecular flexibility index (Phi) is 5.16. The Morgan fingerprint density at radius 1 is 0.967 bits per heavy atom. The monoisotopic (exact) mass is 420 g/mol. The Balaban J connectivity index is 1.78. The Morgan fingerprint density at radius 3 is 2.43 bits per heavy atom. The Labute approximate surface area is 177 Å². The van der Waals surface area contributed by atoms with Crippen LogP contribution in [0.2, 0.25) is 5.02 Å². The minimum atomic E-state index is -0.519. The smallest absolute Gasteiger partial charge is 0.334 e. The first-order valence-electron chi connectivity index (χ1n) is 9.08. The summed E-state index contributed by atoms with van der Waals surface area (Å²) in [6.45, 7) is 3.76. The van der Waals surface area contributed by atoms with E-state index in [4.69, 9.17) is 11.6 Å². The van der Waals surface area contributed by atoms with Crippen LogP contribution in [0.15, 0.2) is 54.9 Å². The maximum Gasteiger partial charge on any atom is 0.353 e. The van der Waals surface area contributed by atoms with Crippen LogP contribution in [0.5, 0.6) is 0 Å². The van der Waals surface area contributed by atoms with Gasteiger partial charge in [0.15, 0.2) is 0 Å². The van der Waals surface area contributed by atoms with E-state index in [-0.39, 0.29) is 17.3 Å². The predicted molar refractivity (Wildman–Crippen MR) is 118 cm³/mol. The molecule has 0 fully saturated rings. The van der Waals surface area contributed by atoms with Crippen molar-refractivity contribution < 1.29 is 4.92 Å². The third kappa shape index (κ3) is 3.85. The Bertz CT molecular complexity index is 1280. The Hall–Kier alpha value is -3.78. The Morgan fingerprint density at radius 2 is 1.70 bits per heavy atom. The van der Waals surface area contributed by atoms with Gasteiger partial charge < -0.3 is 10.6 Å². The molecule has 150 valence electrons. The molecular weight excluding hydrogens is 404 g/mol. The number of aromatic nitrogens is 3. The van der Waals surface area contributed by atoms with Gasteiger partial charge in [0, 0.05) is 21.8 Å². The predicted octanol–water partition coefficient (Wildman–Crippen LogP) is 5.69. The molecule has 8 nitrogen and oxygen atoms in total. The molecule has 30 heavy (non-hydrogen) atoms. The average molecular weight is 421 g/mol. The molecule has 0 bridgehead atoms. The van der Waals surface area contributed by atoms with Gasteiger partial charge >= 0.3 is 5.69 Å². The summed E-state index contributed by atoms with van der Waals surface area (Å²) in [4.78, 5) is 24.1. The highest BCUT2D eigenvalue weighted by Gasteiger charge is 2.24. The van der Waals surface area contributed by atoms with Crippen LogP contribution >= 0.6 is 11.6 Å². The molecule has 9 heteroatoms. The summed E-state index contributed by atoms with van der Waals surface area (Å²) >= 11 is 6.07. The first kappa shape index (κ1) is 19.5. The number of aryl methyl sites for hydroxylation is 2. The van der Waals surface area contributed by atoms with Crippen molar-refractivity contribution in [3.63, 3.8) is 0 Å². The molecule has 0 saturated heterocycles. The van der Waals surface area contributed by atoms with E-state index in [1.54, 1.807) is 18.2 Å². The second-order valence-corrected chi connectivity index (χ2v) is 7.15. The van der Waals surface area contributed by atoms with Crippen molar-refractivity contribution in [2.24, 2.45) is 0 Å². The summed E-state index contributed by atoms with van der Waals surface area (Å²) in [5.41, 5.74) is 3.37. The fourth-order valence-corrected chi connectivity index (χ4v) is 3.24. The fraction of sp³-hybridized carbons (Fsp3) is 0.0952. The number of fused-ring (bicyclic) bond motifs is 1. The van der Waals surface area contributed by atoms with E-state index >= 15 is 0 Å². The summed E-state index contributed by atoms with van der Waals surface area (Å²) in [6.07, 6.45) is 1.27. The van der Waals surface area contributed by atoms with Crippen molar-refractivity contribution in [1.82, 2.24) is 15.0 Å². The highest BCUT2D eigenvalue weighted by molar-refractivity contribution is 6.30. The van der Waals surface area contributed by atoms with Gasteiger partial charge in [-0.25, -0.2) is 9.97 Å². The number of para-hydroxylation sites is 1. The fourth-order valence-electron chi connectivity index (χ4n) is 3.06. The van der Waals surface area contributed by atoms with Crippen molar-refractivity contribution in [3.8, 4) is 0 Å². The zero-order valence-electron chi connectivity index (χ0n) is 16.2. The van der Waals surface area contributed by atoms with Crippen molar-refractivity contribution >= 4 is 51.2 Å². The molecule has 2 heterocycles. The number of nitrogens with zero attached hydrogens (tertiary/aromatic N) is 4. The minimum absolute atomic E-state index is 0.0623. The number of anilines is 4. The molecule has 0 saturated carbocycles. The second kappa shape index (κ2) is 7.92. The normalized spacial score (nSPS) is 10.8. The lowest BCUT2D eigenvalue weighted by Crippen LogP contribution is -2.06. The third-order valence-corrected chi connectivity index (χ3v) is 4.81. The van der Waals surface area contributed by atoms with Crippen molar-refractivity contribution in [2.45, 2.75) is 13.8 Å². The van der Waals surface area contributed by atoms with E-state index in [1.165, 1.54) is 6.33 Å². The lowest BCUT2D eigenvalue weighted by Gasteiger charge is -2.13. The SMILES string of the molecule is Cc1ccc2cccc(Nc3ncnc(Nc4cc(Cl)ccc4C)c3[N+](=O)[O-])c2n1. The van der Waals surface area contributed by atoms with E-state index in [9.17, 15) is 10.1 Å². The number of hydrogen-bond acceptors (Lipinski definition) is 7. The van der Waals surface area contributed by atoms with Crippen LogP contribution in [0.4, 0.5) is 28.7 Å². The highest BCUT2D eigenvalue weighted by atomic mass is 35.5. The third-order valence-electron chi connectivity index (χ3n) is 4.57. The molecule has 0 aliphatic rings. The first-order valence-corrected chi connectivity index (χ1v) is 9.46. The van der Waals surface area contributed by atoms with Crippen LogP contribution in [0.3, 0.4) is 0 Å². The van der Waals surface area contributed by atoms with Gasteiger partial charge in [-0.2, -0.15) is 0 Å². The van der Waals surface area contributed by atoms with Gasteiger partial charge in [-0.3, -0.25) is 15.1 Å². The van der Waals surface area contributed by atoms with Crippen LogP contribution in [-0.4, -0.2) is 19.9 Å². The van der Waals surface area contributed by atoms with E-state index < -0.39 is 4.92 Å². The van der Waals surface area contributed by atoms with Crippen LogP contribution in [0, 0.1) is 24.0 Å². The second-order valence-electron chi connectivity index (χ2n) is 6.72. The molecule has 0 atom stereocenters. The van der Waals surface area contributed by atoms with Crippen LogP contribution in [-0.2, 0) is 0 Å². The van der Waals surface area contributed by atoms with Crippen LogP contribution in [0.1, 0.15) is 11.3 Å². The summed E-state index contributed by atoms with van der Waals surface area (Å²) in [6, 6.07) is 14.7. The van der Waals surface area contributed by atoms with Gasteiger partial charge in [-0.05, 0) is 43.7 Å². The number of nitrogens with one attached hydrogen (secondary N) is 2. The van der Waals surface area contributed by atoms with Crippen molar-refractivity contribution in [1.29, 1.82) is 0 Å². The molecule has 0 aliphatic carbocycles. The molecule has 0 radical (unpaired) electrons. The summed E-state index contributed by atoms with van der Waals surface area (Å²) in [5.74, 6) is 0.125. The first-order chi connectivity index (χ1) is 14.4. The van der Waals surface area contributed by atoms with E-state index in [2.05, 4.69) is 25.6 Å². The lowest BCUT2D eigenvalue weighted by atomic mass is 10.1. The van der Waals surface area contributed by atoms with Crippen LogP contribution < -0.4 is 10.6 Å². The molecule has 0 amide bonds. The number of rotatable bonds is 5. The van der Waals surface area contributed by atoms with E-state index in [0.29, 0.717) is 21.9 Å². The van der Waals surface area contributed by atoms with E-state index in [0.717, 1.165) is 16.6 Å². The summed E-state index contributed by atoms with van der Waals surface area (Å²) < 4.78 is 0. The quantitative estimate of drug-likeness (QED) is 0.315. The van der Waals surface area contributed by atoms with Gasteiger partial charge in [0.05, 0.1) is 16.1 Å². The van der Waals surface area contributed by atoms with Crippen molar-refractivity contribution in [2.75, 3.05) is 10.6 Å². The molecule has 0 spiro atoms. The molecule has 0 unspecified atom stereocenters. The molecule has 2 aromatic carbocycles. The minimum Gasteiger partial charge on any atom is -0.334 e. The van der Waals surface area contributed by atoms with E-state index in [1.807, 2.05) is 44.2 Å². The maximum absolute atomic E-state index is 11.9. The number of nitro groups is 1. The van der Waals surface area contributed by atoms with Crippen molar-refractivity contribution in [3.05, 3.63) is 81.3 Å². The van der Waals surface area contributed by atoms with Gasteiger partial charge in [0.2, 0.25) is 11.6 Å². The molecule has 4 aromatic rings. The largest absolute Gasteiger partial charge is 0.353 e. The number of pyridine rings is 1. The van der Waals surface area contributed by atoms with Gasteiger partial charge in [0.1, 0.15) is 6.33 Å². The number of benzene rings is 2. The van der Waals surface area contributed by atoms with Gasteiger partial charge in [-0.15, -0.1) is 0 Å². The molecule has 0 aliphatic heterocycles. The lowest BCUT2D eigenvalue weighted by molar-refractivity contribution is -0.383. The molecule has 2 N–H and O–H groups in total. The average Bonchev–Trinajstić information content (AvgIpc) is 2.71. The standard InChI is InChI=1S/C21H17ClN6O2/c1-12-6-9-15(22)10-17(12)27-21-19(28(29)30)20(23-11-24-21)26-16-5-3-4-14-8-7-13(2)25-18(14)16/h3-11H,1-2H3,(H2,23,24,26,27). The van der Waals surface area contributed by atoms with Gasteiger partial charge in [-0.1, -0.05) is 35.9 Å². The number of hydrogen-bond donors (Lipinski definition) is 2. The topological polar surface area (TPSA) is 106 Å². The maximum atomic E-state index is 11.9. The highest BCUT2D eigenvalue weighted by Crippen LogP contribution is 2.35.